The van der Waals surface area contributed by atoms with Crippen LogP contribution in [0.2, 0.25) is 0 Å². The maximum absolute atomic E-state index is 5.57. The van der Waals surface area contributed by atoms with Crippen molar-refractivity contribution < 1.29 is 0 Å². The Bertz CT molecular complexity index is 4160. The van der Waals surface area contributed by atoms with Gasteiger partial charge >= 0.3 is 0 Å². The van der Waals surface area contributed by atoms with E-state index in [1.54, 1.807) is 0 Å². The Hall–Kier alpha value is -8.32. The number of benzene rings is 10. The molecule has 5 nitrogen and oxygen atoms in total. The van der Waals surface area contributed by atoms with Crippen molar-refractivity contribution in [3.05, 3.63) is 200 Å². The second-order valence-corrected chi connectivity index (χ2v) is 17.7. The first-order chi connectivity index (χ1) is 31.7. The molecular formula is C58H33N5S. The summed E-state index contributed by atoms with van der Waals surface area (Å²) in [6.07, 6.45) is 0. The van der Waals surface area contributed by atoms with Crippen molar-refractivity contribution in [2.45, 2.75) is 0 Å². The highest BCUT2D eigenvalue weighted by Gasteiger charge is 2.21. The number of nitrogens with zero attached hydrogens (tertiary/aromatic N) is 5. The van der Waals surface area contributed by atoms with Gasteiger partial charge in [-0.05, 0) is 78.3 Å². The summed E-state index contributed by atoms with van der Waals surface area (Å²) in [6, 6.07) is 71.5. The van der Waals surface area contributed by atoms with Crippen LogP contribution in [-0.2, 0) is 0 Å². The zero-order chi connectivity index (χ0) is 41.9. The zero-order valence-corrected chi connectivity index (χ0v) is 35.0. The van der Waals surface area contributed by atoms with Gasteiger partial charge in [0.25, 0.3) is 0 Å². The van der Waals surface area contributed by atoms with Gasteiger partial charge in [0.1, 0.15) is 0 Å². The molecule has 4 aromatic heterocycles. The van der Waals surface area contributed by atoms with E-state index >= 15 is 0 Å². The van der Waals surface area contributed by atoms with Crippen LogP contribution in [-0.4, -0.2) is 24.3 Å². The van der Waals surface area contributed by atoms with Crippen LogP contribution < -0.4 is 0 Å². The van der Waals surface area contributed by atoms with Gasteiger partial charge in [-0.3, -0.25) is 4.40 Å². The Kier molecular flexibility index (Phi) is 7.49. The summed E-state index contributed by atoms with van der Waals surface area (Å²) >= 11 is 1.84. The Balaban J connectivity index is 0.980. The fraction of sp³-hybridized carbons (Fsp3) is 0. The van der Waals surface area contributed by atoms with Crippen LogP contribution in [0.5, 0.6) is 0 Å². The Morgan fingerprint density at radius 1 is 0.312 bits per heavy atom. The van der Waals surface area contributed by atoms with Gasteiger partial charge in [0.05, 0.1) is 21.4 Å². The Morgan fingerprint density at radius 2 is 0.812 bits per heavy atom. The molecule has 0 bridgehead atoms. The van der Waals surface area contributed by atoms with Crippen LogP contribution in [0, 0.1) is 0 Å². The lowest BCUT2D eigenvalue weighted by Gasteiger charge is -2.12. The molecule has 10 aromatic carbocycles. The molecule has 0 aliphatic heterocycles. The quantitative estimate of drug-likeness (QED) is 0.166. The Morgan fingerprint density at radius 3 is 1.48 bits per heavy atom. The summed E-state index contributed by atoms with van der Waals surface area (Å²) in [6.45, 7) is 0. The van der Waals surface area contributed by atoms with Gasteiger partial charge in [0.2, 0.25) is 0 Å². The first kappa shape index (κ1) is 35.3. The van der Waals surface area contributed by atoms with E-state index in [1.165, 1.54) is 57.9 Å². The van der Waals surface area contributed by atoms with Crippen LogP contribution >= 0.6 is 11.3 Å². The first-order valence-electron chi connectivity index (χ1n) is 21.5. The standard InChI is InChI=1S/C58H33N5S/c1-3-13-40-31-42(23-17-34(40)9-1)56-60-55(61-57(62-56)43-24-18-35-10-2-4-14-41(35)32-43)39-21-19-38(20-22-39)51-33-49-48-28-26-37-12-6-8-16-45(37)53(48)64-54(49)58-59-52-47-27-25-36-11-5-7-15-44(36)46(47)29-30-50(52)63(51)58/h1-33H. The molecule has 4 heterocycles. The van der Waals surface area contributed by atoms with Crippen LogP contribution in [0.25, 0.3) is 136 Å². The molecule has 0 aliphatic rings. The molecule has 14 aromatic rings. The highest BCUT2D eigenvalue weighted by Crippen LogP contribution is 2.44. The lowest BCUT2D eigenvalue weighted by Crippen LogP contribution is -2.00. The van der Waals surface area contributed by atoms with Gasteiger partial charge < -0.3 is 0 Å². The van der Waals surface area contributed by atoms with Gasteiger partial charge in [-0.25, -0.2) is 19.9 Å². The molecule has 0 aliphatic carbocycles. The van der Waals surface area contributed by atoms with E-state index in [1.807, 2.05) is 11.3 Å². The van der Waals surface area contributed by atoms with Gasteiger partial charge in [-0.2, -0.15) is 0 Å². The molecule has 0 saturated carbocycles. The summed E-state index contributed by atoms with van der Waals surface area (Å²) < 4.78 is 4.84. The third-order valence-electron chi connectivity index (χ3n) is 13.0. The van der Waals surface area contributed by atoms with Crippen molar-refractivity contribution in [1.82, 2.24) is 24.3 Å². The minimum Gasteiger partial charge on any atom is -0.291 e. The number of aromatic nitrogens is 5. The van der Waals surface area contributed by atoms with Crippen molar-refractivity contribution in [3.63, 3.8) is 0 Å². The minimum absolute atomic E-state index is 0.621. The maximum atomic E-state index is 5.57. The van der Waals surface area contributed by atoms with E-state index in [0.717, 1.165) is 60.8 Å². The topological polar surface area (TPSA) is 56.0 Å². The lowest BCUT2D eigenvalue weighted by molar-refractivity contribution is 1.07. The summed E-state index contributed by atoms with van der Waals surface area (Å²) in [4.78, 5) is 21.0. The normalized spacial score (nSPS) is 12.1. The lowest BCUT2D eigenvalue weighted by atomic mass is 10.0. The molecule has 0 radical (unpaired) electrons. The van der Waals surface area contributed by atoms with Crippen LogP contribution in [0.4, 0.5) is 0 Å². The summed E-state index contributed by atoms with van der Waals surface area (Å²) in [7, 11) is 0. The van der Waals surface area contributed by atoms with Crippen molar-refractivity contribution >= 4 is 102 Å². The van der Waals surface area contributed by atoms with Gasteiger partial charge in [-0.1, -0.05) is 176 Å². The number of hydrogen-bond donors (Lipinski definition) is 0. The molecule has 14 rings (SSSR count). The summed E-state index contributed by atoms with van der Waals surface area (Å²) in [5.74, 6) is 1.89. The maximum Gasteiger partial charge on any atom is 0.164 e. The third kappa shape index (κ3) is 5.36. The second-order valence-electron chi connectivity index (χ2n) is 16.6. The van der Waals surface area contributed by atoms with E-state index in [0.29, 0.717) is 17.5 Å². The van der Waals surface area contributed by atoms with Crippen LogP contribution in [0.3, 0.4) is 0 Å². The highest BCUT2D eigenvalue weighted by molar-refractivity contribution is 7.27. The largest absolute Gasteiger partial charge is 0.291 e. The number of thiophene rings is 1. The molecular weight excluding hydrogens is 799 g/mol. The average molecular weight is 832 g/mol. The second kappa shape index (κ2) is 13.6. The molecule has 0 unspecified atom stereocenters. The predicted molar refractivity (Wildman–Crippen MR) is 268 cm³/mol. The molecule has 0 spiro atoms. The predicted octanol–water partition coefficient (Wildman–Crippen LogP) is 15.5. The van der Waals surface area contributed by atoms with Gasteiger partial charge in [0.15, 0.2) is 23.1 Å². The molecule has 0 fully saturated rings. The van der Waals surface area contributed by atoms with E-state index < -0.39 is 0 Å². The van der Waals surface area contributed by atoms with Crippen LogP contribution in [0.1, 0.15) is 0 Å². The van der Waals surface area contributed by atoms with E-state index in [2.05, 4.69) is 205 Å². The molecule has 6 heteroatoms. The van der Waals surface area contributed by atoms with Crippen LogP contribution in [0.15, 0.2) is 200 Å². The third-order valence-corrected chi connectivity index (χ3v) is 14.2. The summed E-state index contributed by atoms with van der Waals surface area (Å²) in [5.41, 5.74) is 8.01. The van der Waals surface area contributed by atoms with E-state index in [4.69, 9.17) is 19.9 Å². The molecule has 0 N–H and O–H groups in total. The highest BCUT2D eigenvalue weighted by atomic mass is 32.1. The molecule has 296 valence electrons. The number of rotatable bonds is 4. The molecule has 64 heavy (non-hydrogen) atoms. The first-order valence-corrected chi connectivity index (χ1v) is 22.4. The Labute approximate surface area is 370 Å². The number of hydrogen-bond acceptors (Lipinski definition) is 5. The fourth-order valence-corrected chi connectivity index (χ4v) is 11.1. The molecule has 0 saturated heterocycles. The van der Waals surface area contributed by atoms with Crippen molar-refractivity contribution in [3.8, 4) is 45.4 Å². The average Bonchev–Trinajstić information content (AvgIpc) is 3.95. The molecule has 0 atom stereocenters. The smallest absolute Gasteiger partial charge is 0.164 e. The van der Waals surface area contributed by atoms with Gasteiger partial charge in [-0.15, -0.1) is 11.3 Å². The number of imidazole rings is 1. The fourth-order valence-electron chi connectivity index (χ4n) is 9.80. The SMILES string of the molecule is c1ccc2cc(-c3nc(-c4ccc(-c5cc6c7ccc8ccccc8c7sc6c6nc7c8ccc9ccccc9c8ccc7n56)cc4)nc(-c4ccc5ccccc5c4)n3)ccc2c1. The number of pyridine rings is 1. The summed E-state index contributed by atoms with van der Waals surface area (Å²) in [5, 5.41) is 14.4. The van der Waals surface area contributed by atoms with Gasteiger partial charge in [0, 0.05) is 37.5 Å². The van der Waals surface area contributed by atoms with Crippen molar-refractivity contribution in [1.29, 1.82) is 0 Å². The van der Waals surface area contributed by atoms with E-state index in [-0.39, 0.29) is 0 Å². The van der Waals surface area contributed by atoms with Crippen molar-refractivity contribution in [2.24, 2.45) is 0 Å². The monoisotopic (exact) mass is 831 g/mol. The van der Waals surface area contributed by atoms with E-state index in [9.17, 15) is 0 Å². The zero-order valence-electron chi connectivity index (χ0n) is 34.2. The number of fused-ring (bicyclic) bond motifs is 15. The molecule has 0 amide bonds. The van der Waals surface area contributed by atoms with Crippen molar-refractivity contribution in [2.75, 3.05) is 0 Å². The minimum atomic E-state index is 0.621.